The molecule has 0 aromatic carbocycles. The number of nitrogens with one attached hydrogen (secondary N) is 1. The van der Waals surface area contributed by atoms with Crippen LogP contribution in [-0.2, 0) is 9.53 Å². The van der Waals surface area contributed by atoms with Gasteiger partial charge in [-0.15, -0.1) is 0 Å². The molecule has 0 radical (unpaired) electrons. The maximum atomic E-state index is 11.8. The summed E-state index contributed by atoms with van der Waals surface area (Å²) in [4.78, 5) is 14.0. The third-order valence-electron chi connectivity index (χ3n) is 3.67. The second-order valence-corrected chi connectivity index (χ2v) is 4.85. The van der Waals surface area contributed by atoms with Crippen LogP contribution in [0.2, 0.25) is 0 Å². The molecule has 1 saturated heterocycles. The van der Waals surface area contributed by atoms with Crippen molar-refractivity contribution in [2.75, 3.05) is 20.2 Å². The van der Waals surface area contributed by atoms with Gasteiger partial charge >= 0.3 is 0 Å². The minimum atomic E-state index is -0.116. The molecule has 1 amide bonds. The first-order valence-corrected chi connectivity index (χ1v) is 6.41. The van der Waals surface area contributed by atoms with Gasteiger partial charge < -0.3 is 4.74 Å². The summed E-state index contributed by atoms with van der Waals surface area (Å²) >= 11 is 0. The van der Waals surface area contributed by atoms with Crippen molar-refractivity contribution in [2.24, 2.45) is 11.8 Å². The van der Waals surface area contributed by atoms with Gasteiger partial charge in [-0.3, -0.25) is 15.1 Å². The zero-order valence-electron chi connectivity index (χ0n) is 11.1. The topological polar surface area (TPSA) is 67.6 Å². The van der Waals surface area contributed by atoms with Crippen molar-refractivity contribution in [3.05, 3.63) is 0 Å². The number of hydrogen-bond acceptors (Lipinski definition) is 4. The van der Waals surface area contributed by atoms with Crippen molar-refractivity contribution >= 4 is 5.91 Å². The minimum absolute atomic E-state index is 0.0868. The molecule has 3 atom stereocenters. The van der Waals surface area contributed by atoms with E-state index in [0.717, 1.165) is 32.4 Å². The van der Waals surface area contributed by atoms with Gasteiger partial charge in [-0.05, 0) is 25.3 Å². The molecular weight excluding hydrogens is 218 g/mol. The van der Waals surface area contributed by atoms with E-state index >= 15 is 0 Å². The van der Waals surface area contributed by atoms with Crippen LogP contribution in [-0.4, -0.2) is 43.2 Å². The fourth-order valence-electron chi connectivity index (χ4n) is 2.50. The van der Waals surface area contributed by atoms with Gasteiger partial charge in [0.2, 0.25) is 0 Å². The summed E-state index contributed by atoms with van der Waals surface area (Å²) in [5.74, 6) is 5.72. The van der Waals surface area contributed by atoms with Crippen LogP contribution in [0.3, 0.4) is 0 Å². The second kappa shape index (κ2) is 6.93. The van der Waals surface area contributed by atoms with Gasteiger partial charge in [-0.1, -0.05) is 20.3 Å². The molecule has 0 spiro atoms. The van der Waals surface area contributed by atoms with E-state index in [2.05, 4.69) is 24.2 Å². The Morgan fingerprint density at radius 2 is 2.35 bits per heavy atom. The van der Waals surface area contributed by atoms with E-state index in [4.69, 9.17) is 10.6 Å². The maximum Gasteiger partial charge on any atom is 0.251 e. The zero-order chi connectivity index (χ0) is 12.8. The molecule has 5 nitrogen and oxygen atoms in total. The SMILES string of the molecule is CCCC(C(=O)NN)N1CCC(C)C(OC)C1. The fraction of sp³-hybridized carbons (Fsp3) is 0.917. The monoisotopic (exact) mass is 243 g/mol. The van der Waals surface area contributed by atoms with Crippen LogP contribution in [0.1, 0.15) is 33.1 Å². The van der Waals surface area contributed by atoms with Crippen LogP contribution in [0.25, 0.3) is 0 Å². The fourth-order valence-corrected chi connectivity index (χ4v) is 2.50. The largest absolute Gasteiger partial charge is 0.380 e. The number of nitrogens with two attached hydrogens (primary N) is 1. The number of ether oxygens (including phenoxy) is 1. The summed E-state index contributed by atoms with van der Waals surface area (Å²) in [6.45, 7) is 6.04. The Kier molecular flexibility index (Phi) is 5.88. The van der Waals surface area contributed by atoms with E-state index in [9.17, 15) is 4.79 Å². The molecule has 5 heteroatoms. The molecule has 1 heterocycles. The first-order valence-electron chi connectivity index (χ1n) is 6.41. The molecule has 17 heavy (non-hydrogen) atoms. The van der Waals surface area contributed by atoms with Gasteiger partial charge in [0.25, 0.3) is 5.91 Å². The van der Waals surface area contributed by atoms with Gasteiger partial charge in [0, 0.05) is 13.7 Å². The molecule has 3 unspecified atom stereocenters. The van der Waals surface area contributed by atoms with Crippen molar-refractivity contribution in [1.29, 1.82) is 0 Å². The number of rotatable bonds is 5. The predicted molar refractivity (Wildman–Crippen MR) is 67.2 cm³/mol. The number of carbonyl (C=O) groups is 1. The lowest BCUT2D eigenvalue weighted by Gasteiger charge is -2.39. The number of piperidine rings is 1. The highest BCUT2D eigenvalue weighted by atomic mass is 16.5. The standard InChI is InChI=1S/C12H25N3O2/c1-4-5-10(12(16)14-13)15-7-6-9(2)11(8-15)17-3/h9-11H,4-8,13H2,1-3H3,(H,14,16). The summed E-state index contributed by atoms with van der Waals surface area (Å²) in [5, 5.41) is 0. The van der Waals surface area contributed by atoms with Crippen LogP contribution in [0, 0.1) is 5.92 Å². The van der Waals surface area contributed by atoms with E-state index in [1.165, 1.54) is 0 Å². The van der Waals surface area contributed by atoms with E-state index in [1.54, 1.807) is 7.11 Å². The summed E-state index contributed by atoms with van der Waals surface area (Å²) in [7, 11) is 1.74. The molecule has 0 saturated carbocycles. The first-order chi connectivity index (χ1) is 8.13. The van der Waals surface area contributed by atoms with E-state index < -0.39 is 0 Å². The van der Waals surface area contributed by atoms with E-state index in [1.807, 2.05) is 0 Å². The van der Waals surface area contributed by atoms with Crippen molar-refractivity contribution in [2.45, 2.75) is 45.3 Å². The molecule has 0 aromatic heterocycles. The Bertz CT molecular complexity index is 248. The molecule has 0 bridgehead atoms. The Morgan fingerprint density at radius 3 is 2.88 bits per heavy atom. The lowest BCUT2D eigenvalue weighted by atomic mass is 9.94. The van der Waals surface area contributed by atoms with Crippen LogP contribution in [0.4, 0.5) is 0 Å². The minimum Gasteiger partial charge on any atom is -0.380 e. The van der Waals surface area contributed by atoms with Gasteiger partial charge in [0.15, 0.2) is 0 Å². The smallest absolute Gasteiger partial charge is 0.251 e. The third kappa shape index (κ3) is 3.66. The average molecular weight is 243 g/mol. The zero-order valence-corrected chi connectivity index (χ0v) is 11.1. The lowest BCUT2D eigenvalue weighted by Crippen LogP contribution is -2.54. The Morgan fingerprint density at radius 1 is 1.65 bits per heavy atom. The predicted octanol–water partition coefficient (Wildman–Crippen LogP) is 0.502. The van der Waals surface area contributed by atoms with Crippen molar-refractivity contribution in [3.8, 4) is 0 Å². The van der Waals surface area contributed by atoms with Gasteiger partial charge in [-0.2, -0.15) is 0 Å². The molecule has 100 valence electrons. The second-order valence-electron chi connectivity index (χ2n) is 4.85. The Hall–Kier alpha value is -0.650. The van der Waals surface area contributed by atoms with Crippen molar-refractivity contribution in [1.82, 2.24) is 10.3 Å². The van der Waals surface area contributed by atoms with Crippen LogP contribution in [0.15, 0.2) is 0 Å². The van der Waals surface area contributed by atoms with Crippen LogP contribution >= 0.6 is 0 Å². The van der Waals surface area contributed by atoms with Crippen LogP contribution < -0.4 is 11.3 Å². The first kappa shape index (κ1) is 14.4. The highest BCUT2D eigenvalue weighted by Crippen LogP contribution is 2.22. The van der Waals surface area contributed by atoms with E-state index in [-0.39, 0.29) is 18.1 Å². The number of amides is 1. The number of nitrogens with zero attached hydrogens (tertiary/aromatic N) is 1. The lowest BCUT2D eigenvalue weighted by molar-refractivity contribution is -0.129. The number of hydrazine groups is 1. The summed E-state index contributed by atoms with van der Waals surface area (Å²) in [6.07, 6.45) is 3.10. The molecule has 0 aromatic rings. The van der Waals surface area contributed by atoms with Crippen molar-refractivity contribution < 1.29 is 9.53 Å². The normalized spacial score (nSPS) is 27.8. The highest BCUT2D eigenvalue weighted by Gasteiger charge is 2.32. The number of likely N-dealkylation sites (tertiary alicyclic amines) is 1. The number of hydrogen-bond donors (Lipinski definition) is 2. The van der Waals surface area contributed by atoms with Crippen molar-refractivity contribution in [3.63, 3.8) is 0 Å². The number of methoxy groups -OCH3 is 1. The van der Waals surface area contributed by atoms with Crippen LogP contribution in [0.5, 0.6) is 0 Å². The number of carbonyl (C=O) groups excluding carboxylic acids is 1. The Labute approximate surface area is 104 Å². The molecule has 1 aliphatic heterocycles. The Balaban J connectivity index is 2.65. The molecule has 1 aliphatic rings. The molecule has 1 rings (SSSR count). The van der Waals surface area contributed by atoms with E-state index in [0.29, 0.717) is 5.92 Å². The maximum absolute atomic E-state index is 11.8. The highest BCUT2D eigenvalue weighted by molar-refractivity contribution is 5.81. The molecule has 1 fully saturated rings. The van der Waals surface area contributed by atoms with Gasteiger partial charge in [0.05, 0.1) is 12.1 Å². The summed E-state index contributed by atoms with van der Waals surface area (Å²) < 4.78 is 5.47. The molecule has 3 N–H and O–H groups in total. The van der Waals surface area contributed by atoms with Gasteiger partial charge in [-0.25, -0.2) is 5.84 Å². The third-order valence-corrected chi connectivity index (χ3v) is 3.67. The molecular formula is C12H25N3O2. The summed E-state index contributed by atoms with van der Waals surface area (Å²) in [6, 6.07) is -0.116. The summed E-state index contributed by atoms with van der Waals surface area (Å²) in [5.41, 5.74) is 2.27. The quantitative estimate of drug-likeness (QED) is 0.419. The van der Waals surface area contributed by atoms with Gasteiger partial charge in [0.1, 0.15) is 0 Å². The average Bonchev–Trinajstić information content (AvgIpc) is 2.36. The molecule has 0 aliphatic carbocycles.